The van der Waals surface area contributed by atoms with Gasteiger partial charge in [-0.25, -0.2) is 12.7 Å². The largest absolute Gasteiger partial charge is 0.469 e. The molecule has 0 spiro atoms. The van der Waals surface area contributed by atoms with Gasteiger partial charge in [-0.3, -0.25) is 9.89 Å². The maximum absolute atomic E-state index is 12.1. The number of piperidine rings is 1. The lowest BCUT2D eigenvalue weighted by atomic mass is 10.1. The van der Waals surface area contributed by atoms with Gasteiger partial charge in [0.15, 0.2) is 5.96 Å². The topological polar surface area (TPSA) is 99.4 Å². The first kappa shape index (κ1) is 26.4. The second-order valence-corrected chi connectivity index (χ2v) is 9.92. The molecule has 3 heterocycles. The van der Waals surface area contributed by atoms with Crippen LogP contribution in [0.3, 0.4) is 0 Å². The van der Waals surface area contributed by atoms with Gasteiger partial charge in [0.1, 0.15) is 5.76 Å². The van der Waals surface area contributed by atoms with E-state index in [1.54, 1.807) is 17.5 Å². The molecule has 31 heavy (non-hydrogen) atoms. The summed E-state index contributed by atoms with van der Waals surface area (Å²) in [5.74, 6) is 1.88. The number of hydrogen-bond donors (Lipinski definition) is 2. The molecule has 0 aromatic carbocycles. The van der Waals surface area contributed by atoms with Gasteiger partial charge < -0.3 is 19.8 Å². The lowest BCUT2D eigenvalue weighted by Gasteiger charge is -2.32. The fourth-order valence-electron chi connectivity index (χ4n) is 3.69. The summed E-state index contributed by atoms with van der Waals surface area (Å²) < 4.78 is 36.6. The number of morpholine rings is 1. The highest BCUT2D eigenvalue weighted by Crippen LogP contribution is 2.14. The molecule has 0 unspecified atom stereocenters. The summed E-state index contributed by atoms with van der Waals surface area (Å²) in [5, 5.41) is 6.91. The van der Waals surface area contributed by atoms with E-state index in [1.807, 2.05) is 12.1 Å². The van der Waals surface area contributed by atoms with Crippen molar-refractivity contribution in [3.63, 3.8) is 0 Å². The maximum atomic E-state index is 12.1. The van der Waals surface area contributed by atoms with Crippen LogP contribution >= 0.6 is 24.0 Å². The number of halogens is 1. The lowest BCUT2D eigenvalue weighted by Crippen LogP contribution is -2.50. The summed E-state index contributed by atoms with van der Waals surface area (Å²) in [6.07, 6.45) is 4.02. The van der Waals surface area contributed by atoms with Crippen LogP contribution in [0.4, 0.5) is 0 Å². The van der Waals surface area contributed by atoms with Crippen LogP contribution in [0.2, 0.25) is 0 Å². The molecular weight excluding hydrogens is 533 g/mol. The van der Waals surface area contributed by atoms with Crippen molar-refractivity contribution in [2.75, 3.05) is 64.8 Å². The van der Waals surface area contributed by atoms with Gasteiger partial charge in [0.25, 0.3) is 0 Å². The smallest absolute Gasteiger partial charge is 0.213 e. The number of rotatable bonds is 9. The van der Waals surface area contributed by atoms with Crippen molar-refractivity contribution in [2.24, 2.45) is 4.99 Å². The summed E-state index contributed by atoms with van der Waals surface area (Å²) in [4.78, 5) is 7.13. The highest BCUT2D eigenvalue weighted by atomic mass is 127. The van der Waals surface area contributed by atoms with Gasteiger partial charge in [-0.05, 0) is 31.9 Å². The Morgan fingerprint density at radius 2 is 1.97 bits per heavy atom. The van der Waals surface area contributed by atoms with Gasteiger partial charge >= 0.3 is 0 Å². The quantitative estimate of drug-likeness (QED) is 0.261. The summed E-state index contributed by atoms with van der Waals surface area (Å²) in [6, 6.07) is 4.07. The van der Waals surface area contributed by atoms with Gasteiger partial charge in [-0.15, -0.1) is 24.0 Å². The fraction of sp³-hybridized carbons (Fsp3) is 0.750. The Labute approximate surface area is 203 Å². The third-order valence-electron chi connectivity index (χ3n) is 5.59. The Morgan fingerprint density at radius 1 is 1.23 bits per heavy atom. The zero-order valence-corrected chi connectivity index (χ0v) is 21.4. The van der Waals surface area contributed by atoms with E-state index in [-0.39, 0.29) is 35.8 Å². The van der Waals surface area contributed by atoms with Crippen LogP contribution in [0.5, 0.6) is 0 Å². The van der Waals surface area contributed by atoms with Gasteiger partial charge in [0.2, 0.25) is 10.0 Å². The van der Waals surface area contributed by atoms with Crippen LogP contribution < -0.4 is 10.6 Å². The molecule has 2 aliphatic rings. The average molecular weight is 570 g/mol. The number of furan rings is 1. The molecule has 1 aromatic rings. The van der Waals surface area contributed by atoms with E-state index in [9.17, 15) is 8.42 Å². The van der Waals surface area contributed by atoms with Crippen molar-refractivity contribution in [3.8, 4) is 0 Å². The summed E-state index contributed by atoms with van der Waals surface area (Å²) in [5.41, 5.74) is 0. The van der Waals surface area contributed by atoms with Crippen molar-refractivity contribution in [2.45, 2.75) is 32.2 Å². The Morgan fingerprint density at radius 3 is 2.61 bits per heavy atom. The van der Waals surface area contributed by atoms with Gasteiger partial charge in [0, 0.05) is 51.7 Å². The summed E-state index contributed by atoms with van der Waals surface area (Å²) >= 11 is 0. The van der Waals surface area contributed by atoms with Gasteiger partial charge in [-0.2, -0.15) is 0 Å². The molecule has 0 radical (unpaired) electrons. The van der Waals surface area contributed by atoms with Crippen molar-refractivity contribution >= 4 is 40.0 Å². The van der Waals surface area contributed by atoms with Crippen molar-refractivity contribution in [1.82, 2.24) is 19.8 Å². The predicted octanol–water partition coefficient (Wildman–Crippen LogP) is 1.12. The molecule has 2 N–H and O–H groups in total. The molecule has 178 valence electrons. The molecule has 11 heteroatoms. The molecule has 9 nitrogen and oxygen atoms in total. The normalized spacial score (nSPS) is 19.7. The van der Waals surface area contributed by atoms with E-state index in [2.05, 4.69) is 15.5 Å². The zero-order chi connectivity index (χ0) is 21.2. The van der Waals surface area contributed by atoms with Crippen molar-refractivity contribution in [1.29, 1.82) is 0 Å². The SMILES string of the molecule is CCS(=O)(=O)N1CCC(NC(=NCCN2CCOCC2)NCCc2ccco2)CC1.I. The van der Waals surface area contributed by atoms with Crippen molar-refractivity contribution < 1.29 is 17.6 Å². The zero-order valence-electron chi connectivity index (χ0n) is 18.3. The number of aliphatic imine (C=N–C) groups is 1. The highest BCUT2D eigenvalue weighted by Gasteiger charge is 2.27. The Bertz CT molecular complexity index is 746. The molecule has 3 rings (SSSR count). The molecule has 0 aliphatic carbocycles. The fourth-order valence-corrected chi connectivity index (χ4v) is 4.83. The maximum Gasteiger partial charge on any atom is 0.213 e. The van der Waals surface area contributed by atoms with Crippen LogP contribution in [0.1, 0.15) is 25.5 Å². The molecular formula is C20H36IN5O4S. The second kappa shape index (κ2) is 13.6. The molecule has 0 amide bonds. The minimum Gasteiger partial charge on any atom is -0.469 e. The highest BCUT2D eigenvalue weighted by molar-refractivity contribution is 14.0. The number of ether oxygens (including phenoxy) is 1. The van der Waals surface area contributed by atoms with E-state index < -0.39 is 10.0 Å². The van der Waals surface area contributed by atoms with E-state index in [0.717, 1.165) is 70.4 Å². The average Bonchev–Trinajstić information content (AvgIpc) is 3.28. The number of nitrogens with zero attached hydrogens (tertiary/aromatic N) is 3. The Balaban J connectivity index is 0.00000341. The standard InChI is InChI=1S/C20H35N5O4S.HI/c1-2-30(26,27)25-10-6-18(7-11-25)23-20(21-8-5-19-4-3-15-29-19)22-9-12-24-13-16-28-17-14-24;/h3-4,15,18H,2,5-14,16-17H2,1H3,(H2,21,22,23);1H. The number of guanidine groups is 1. The Hall–Kier alpha value is -0.890. The number of nitrogens with one attached hydrogen (secondary N) is 2. The van der Waals surface area contributed by atoms with Gasteiger partial charge in [0.05, 0.1) is 31.8 Å². The minimum atomic E-state index is -3.11. The first-order valence-corrected chi connectivity index (χ1v) is 12.5. The minimum absolute atomic E-state index is 0. The number of hydrogen-bond acceptors (Lipinski definition) is 6. The number of sulfonamides is 1. The first-order valence-electron chi connectivity index (χ1n) is 10.9. The lowest BCUT2D eigenvalue weighted by molar-refractivity contribution is 0.0394. The molecule has 2 aliphatic heterocycles. The van der Waals surface area contributed by atoms with E-state index in [1.165, 1.54) is 0 Å². The monoisotopic (exact) mass is 569 g/mol. The molecule has 2 fully saturated rings. The summed E-state index contributed by atoms with van der Waals surface area (Å²) in [7, 11) is -3.11. The predicted molar refractivity (Wildman–Crippen MR) is 133 cm³/mol. The second-order valence-electron chi connectivity index (χ2n) is 7.66. The molecule has 0 bridgehead atoms. The third-order valence-corrected chi connectivity index (χ3v) is 7.47. The molecule has 1 aromatic heterocycles. The first-order chi connectivity index (χ1) is 14.6. The Kier molecular flexibility index (Phi) is 11.6. The van der Waals surface area contributed by atoms with Gasteiger partial charge in [-0.1, -0.05) is 0 Å². The van der Waals surface area contributed by atoms with E-state index in [4.69, 9.17) is 14.1 Å². The van der Waals surface area contributed by atoms with Crippen LogP contribution in [-0.4, -0.2) is 94.4 Å². The molecule has 0 saturated carbocycles. The van der Waals surface area contributed by atoms with Crippen LogP contribution in [0.15, 0.2) is 27.8 Å². The van der Waals surface area contributed by atoms with Crippen LogP contribution in [0.25, 0.3) is 0 Å². The van der Waals surface area contributed by atoms with E-state index >= 15 is 0 Å². The van der Waals surface area contributed by atoms with E-state index in [0.29, 0.717) is 19.6 Å². The third kappa shape index (κ3) is 8.87. The summed E-state index contributed by atoms with van der Waals surface area (Å²) in [6.45, 7) is 8.62. The molecule has 2 saturated heterocycles. The van der Waals surface area contributed by atoms with Crippen molar-refractivity contribution in [3.05, 3.63) is 24.2 Å². The van der Waals surface area contributed by atoms with Crippen LogP contribution in [0, 0.1) is 0 Å². The van der Waals surface area contributed by atoms with Crippen LogP contribution in [-0.2, 0) is 21.2 Å². The molecule has 0 atom stereocenters.